The third-order valence-electron chi connectivity index (χ3n) is 5.65. The van der Waals surface area contributed by atoms with E-state index in [1.165, 1.54) is 12.4 Å². The lowest BCUT2D eigenvalue weighted by Crippen LogP contribution is -2.40. The summed E-state index contributed by atoms with van der Waals surface area (Å²) in [5.74, 6) is 1.90. The van der Waals surface area contributed by atoms with Crippen LogP contribution in [0, 0.1) is 0 Å². The van der Waals surface area contributed by atoms with Gasteiger partial charge in [-0.05, 0) is 36.8 Å². The Hall–Kier alpha value is -4.80. The summed E-state index contributed by atoms with van der Waals surface area (Å²) in [5.41, 5.74) is 1.27. The number of anilines is 2. The molecule has 0 fully saturated rings. The van der Waals surface area contributed by atoms with Crippen molar-refractivity contribution < 1.29 is 14.3 Å². The van der Waals surface area contributed by atoms with Crippen LogP contribution in [0.1, 0.15) is 6.42 Å². The summed E-state index contributed by atoms with van der Waals surface area (Å²) in [6.07, 6.45) is 10.7. The fraction of sp³-hybridized carbons (Fsp3) is 0.167. The van der Waals surface area contributed by atoms with E-state index < -0.39 is 6.10 Å². The van der Waals surface area contributed by atoms with Gasteiger partial charge in [-0.25, -0.2) is 9.97 Å². The Bertz CT molecular complexity index is 1500. The molecule has 1 amide bonds. The fourth-order valence-electron chi connectivity index (χ4n) is 3.93. The molecule has 2 atom stereocenters. The fourth-order valence-corrected chi connectivity index (χ4v) is 3.93. The molecule has 4 heterocycles. The van der Waals surface area contributed by atoms with Gasteiger partial charge in [0, 0.05) is 17.0 Å². The Kier molecular flexibility index (Phi) is 5.26. The van der Waals surface area contributed by atoms with Crippen LogP contribution in [0.15, 0.2) is 55.1 Å². The van der Waals surface area contributed by atoms with Crippen molar-refractivity contribution >= 4 is 29.6 Å². The monoisotopic (exact) mass is 468 g/mol. The van der Waals surface area contributed by atoms with Gasteiger partial charge in [0.05, 0.1) is 35.7 Å². The first-order valence-electron chi connectivity index (χ1n) is 11.0. The minimum absolute atomic E-state index is 0.0954. The number of hydrogen-bond acceptors (Lipinski definition) is 9. The molecule has 3 N–H and O–H groups in total. The number of ether oxygens (including phenoxy) is 2. The number of amides is 1. The number of H-pyrrole nitrogens is 1. The number of aromatic amines is 1. The summed E-state index contributed by atoms with van der Waals surface area (Å²) < 4.78 is 11.7. The van der Waals surface area contributed by atoms with Crippen molar-refractivity contribution in [1.82, 2.24) is 30.4 Å². The summed E-state index contributed by atoms with van der Waals surface area (Å²) in [6.45, 7) is 0.0971. The topological polar surface area (TPSA) is 140 Å². The summed E-state index contributed by atoms with van der Waals surface area (Å²) >= 11 is 0. The smallest absolute Gasteiger partial charge is 0.269 e. The highest BCUT2D eigenvalue weighted by atomic mass is 16.6. The molecule has 174 valence electrons. The molecule has 1 aliphatic carbocycles. The van der Waals surface area contributed by atoms with Crippen LogP contribution in [-0.2, 0) is 4.79 Å². The van der Waals surface area contributed by atoms with Gasteiger partial charge in [-0.2, -0.15) is 15.3 Å². The normalized spacial score (nSPS) is 17.9. The van der Waals surface area contributed by atoms with Crippen molar-refractivity contribution in [2.75, 3.05) is 17.2 Å². The summed E-state index contributed by atoms with van der Waals surface area (Å²) in [6, 6.07) is 9.00. The second kappa shape index (κ2) is 8.86. The van der Waals surface area contributed by atoms with E-state index in [-0.39, 0.29) is 18.6 Å². The first-order chi connectivity index (χ1) is 17.2. The van der Waals surface area contributed by atoms with E-state index in [0.717, 1.165) is 22.6 Å². The lowest BCUT2D eigenvalue weighted by Gasteiger charge is -2.26. The maximum atomic E-state index is 12.6. The lowest BCUT2D eigenvalue weighted by atomic mass is 10.1. The minimum Gasteiger partial charge on any atom is -0.485 e. The standard InChI is InChI=1S/C24H20N8O3/c33-24(30-17-5-8-26-27-12-17)21-13-34-19-4-1-14(10-20(19)35-21)23-25-7-6-22(31-23)29-16-2-3-18-15(9-16)11-28-32-18/h1,3-12,16,21,32H,2,13H2,(H,25,29,31)(H,26,30,33). The predicted molar refractivity (Wildman–Crippen MR) is 127 cm³/mol. The van der Waals surface area contributed by atoms with Crippen molar-refractivity contribution in [2.45, 2.75) is 18.6 Å². The Morgan fingerprint density at radius 2 is 2.06 bits per heavy atom. The minimum atomic E-state index is -0.814. The number of carbonyl (C=O) groups is 1. The van der Waals surface area contributed by atoms with E-state index in [1.807, 2.05) is 18.3 Å². The van der Waals surface area contributed by atoms with Gasteiger partial charge in [-0.1, -0.05) is 12.2 Å². The number of benzene rings is 1. The highest BCUT2D eigenvalue weighted by Crippen LogP contribution is 2.35. The molecule has 0 saturated carbocycles. The number of nitrogens with zero attached hydrogens (tertiary/aromatic N) is 5. The lowest BCUT2D eigenvalue weighted by molar-refractivity contribution is -0.125. The van der Waals surface area contributed by atoms with Crippen LogP contribution in [0.4, 0.5) is 11.5 Å². The van der Waals surface area contributed by atoms with Crippen LogP contribution in [0.5, 0.6) is 11.5 Å². The first-order valence-corrected chi connectivity index (χ1v) is 11.0. The van der Waals surface area contributed by atoms with Crippen LogP contribution >= 0.6 is 0 Å². The number of rotatable bonds is 5. The van der Waals surface area contributed by atoms with E-state index in [4.69, 9.17) is 9.47 Å². The molecule has 4 aromatic rings. The molecule has 0 radical (unpaired) electrons. The van der Waals surface area contributed by atoms with Crippen LogP contribution < -0.4 is 30.7 Å². The Morgan fingerprint density at radius 1 is 1.09 bits per heavy atom. The molecule has 1 aromatic carbocycles. The molecule has 1 aliphatic heterocycles. The highest BCUT2D eigenvalue weighted by molar-refractivity contribution is 5.94. The second-order valence-corrected chi connectivity index (χ2v) is 8.06. The van der Waals surface area contributed by atoms with Crippen molar-refractivity contribution in [3.05, 3.63) is 65.7 Å². The number of nitrogens with one attached hydrogen (secondary N) is 3. The van der Waals surface area contributed by atoms with Crippen LogP contribution in [0.25, 0.3) is 23.5 Å². The molecule has 6 rings (SSSR count). The van der Waals surface area contributed by atoms with Gasteiger partial charge >= 0.3 is 0 Å². The third-order valence-corrected chi connectivity index (χ3v) is 5.65. The van der Waals surface area contributed by atoms with E-state index in [0.29, 0.717) is 28.8 Å². The highest BCUT2D eigenvalue weighted by Gasteiger charge is 2.28. The van der Waals surface area contributed by atoms with Gasteiger partial charge in [-0.3, -0.25) is 9.89 Å². The summed E-state index contributed by atoms with van der Waals surface area (Å²) in [4.78, 5) is 21.7. The van der Waals surface area contributed by atoms with Gasteiger partial charge in [-0.15, -0.1) is 0 Å². The zero-order valence-corrected chi connectivity index (χ0v) is 18.4. The Labute approximate surface area is 198 Å². The molecule has 11 nitrogen and oxygen atoms in total. The van der Waals surface area contributed by atoms with Crippen molar-refractivity contribution in [3.63, 3.8) is 0 Å². The molecule has 0 bridgehead atoms. The molecule has 0 saturated heterocycles. The molecular formula is C24H20N8O3. The van der Waals surface area contributed by atoms with Crippen molar-refractivity contribution in [2.24, 2.45) is 0 Å². The van der Waals surface area contributed by atoms with Crippen LogP contribution in [-0.4, -0.2) is 55.0 Å². The SMILES string of the molecule is O=C(Nc1ccnnc1)C1COc2ccc(-c3nccc(NC4C=c5cn[nH]c5=CC4)n3)cc2O1. The Morgan fingerprint density at radius 3 is 2.97 bits per heavy atom. The summed E-state index contributed by atoms with van der Waals surface area (Å²) in [7, 11) is 0. The molecule has 0 spiro atoms. The zero-order chi connectivity index (χ0) is 23.6. The van der Waals surface area contributed by atoms with E-state index in [2.05, 4.69) is 53.1 Å². The van der Waals surface area contributed by atoms with E-state index >= 15 is 0 Å². The summed E-state index contributed by atoms with van der Waals surface area (Å²) in [5, 5.41) is 22.8. The molecule has 35 heavy (non-hydrogen) atoms. The molecule has 3 aromatic heterocycles. The van der Waals surface area contributed by atoms with Crippen molar-refractivity contribution in [3.8, 4) is 22.9 Å². The Balaban J connectivity index is 1.18. The van der Waals surface area contributed by atoms with Gasteiger partial charge < -0.3 is 20.1 Å². The van der Waals surface area contributed by atoms with E-state index in [1.54, 1.807) is 24.4 Å². The first kappa shape index (κ1) is 20.8. The number of carbonyl (C=O) groups excluding carboxylic acids is 1. The van der Waals surface area contributed by atoms with E-state index in [9.17, 15) is 4.79 Å². The van der Waals surface area contributed by atoms with Gasteiger partial charge in [0.2, 0.25) is 6.10 Å². The zero-order valence-electron chi connectivity index (χ0n) is 18.4. The third kappa shape index (κ3) is 4.38. The quantitative estimate of drug-likeness (QED) is 0.389. The largest absolute Gasteiger partial charge is 0.485 e. The predicted octanol–water partition coefficient (Wildman–Crippen LogP) is 0.881. The maximum absolute atomic E-state index is 12.6. The van der Waals surface area contributed by atoms with Crippen molar-refractivity contribution in [1.29, 1.82) is 0 Å². The van der Waals surface area contributed by atoms with Gasteiger partial charge in [0.25, 0.3) is 5.91 Å². The van der Waals surface area contributed by atoms with Crippen LogP contribution in [0.2, 0.25) is 0 Å². The van der Waals surface area contributed by atoms with Crippen LogP contribution in [0.3, 0.4) is 0 Å². The number of fused-ring (bicyclic) bond motifs is 2. The maximum Gasteiger partial charge on any atom is 0.269 e. The molecule has 2 aliphatic rings. The van der Waals surface area contributed by atoms with Gasteiger partial charge in [0.15, 0.2) is 17.3 Å². The molecule has 2 unspecified atom stereocenters. The number of hydrogen-bond donors (Lipinski definition) is 3. The van der Waals surface area contributed by atoms with Gasteiger partial charge in [0.1, 0.15) is 12.4 Å². The second-order valence-electron chi connectivity index (χ2n) is 8.06. The average Bonchev–Trinajstić information content (AvgIpc) is 3.37. The molecule has 11 heteroatoms. The number of aromatic nitrogens is 6. The average molecular weight is 468 g/mol. The molecular weight excluding hydrogens is 448 g/mol.